The van der Waals surface area contributed by atoms with Crippen LogP contribution in [0.2, 0.25) is 0 Å². The van der Waals surface area contributed by atoms with Crippen LogP contribution in [0.25, 0.3) is 6.08 Å². The van der Waals surface area contributed by atoms with Crippen LogP contribution >= 0.6 is 11.8 Å². The van der Waals surface area contributed by atoms with Crippen molar-refractivity contribution < 1.29 is 26.9 Å². The fourth-order valence-corrected chi connectivity index (χ4v) is 2.72. The average Bonchev–Trinajstić information content (AvgIpc) is 2.68. The Kier molecular flexibility index (Phi) is 4.24. The Labute approximate surface area is 125 Å². The number of rotatable bonds is 4. The molecule has 0 aliphatic carbocycles. The number of ether oxygens (including phenoxy) is 1. The molecule has 2 rings (SSSR count). The zero-order chi connectivity index (χ0) is 15.6. The number of nitrogens with one attached hydrogen (secondary N) is 1. The number of benzene rings is 1. The molecule has 0 bridgehead atoms. The lowest BCUT2D eigenvalue weighted by molar-refractivity contribution is -0.115. The van der Waals surface area contributed by atoms with Crippen molar-refractivity contribution >= 4 is 39.1 Å². The van der Waals surface area contributed by atoms with Gasteiger partial charge in [0.05, 0.1) is 18.3 Å². The monoisotopic (exact) mass is 329 g/mol. The highest BCUT2D eigenvalue weighted by atomic mass is 32.2. The van der Waals surface area contributed by atoms with E-state index in [1.54, 1.807) is 6.07 Å². The van der Waals surface area contributed by atoms with Crippen molar-refractivity contribution in [3.8, 4) is 11.5 Å². The van der Waals surface area contributed by atoms with Crippen LogP contribution in [0.15, 0.2) is 23.1 Å². The predicted octanol–water partition coefficient (Wildman–Crippen LogP) is 1.36. The molecule has 0 unspecified atom stereocenters. The van der Waals surface area contributed by atoms with Gasteiger partial charge >= 0.3 is 10.1 Å². The van der Waals surface area contributed by atoms with E-state index < -0.39 is 21.3 Å². The van der Waals surface area contributed by atoms with Gasteiger partial charge in [0.2, 0.25) is 0 Å². The number of carbonyl (C=O) groups is 2. The Morgan fingerprint density at radius 1 is 1.24 bits per heavy atom. The van der Waals surface area contributed by atoms with Crippen LogP contribution in [0.3, 0.4) is 0 Å². The van der Waals surface area contributed by atoms with Gasteiger partial charge in [-0.25, -0.2) is 0 Å². The average molecular weight is 329 g/mol. The summed E-state index contributed by atoms with van der Waals surface area (Å²) in [4.78, 5) is 22.8. The highest BCUT2D eigenvalue weighted by Gasteiger charge is 2.25. The number of hydrogen-bond donors (Lipinski definition) is 1. The van der Waals surface area contributed by atoms with Gasteiger partial charge < -0.3 is 8.92 Å². The lowest BCUT2D eigenvalue weighted by Crippen LogP contribution is -2.17. The SMILES string of the molecule is COc1cc(/C=C2/SC(=O)NC2=O)ccc1OS(C)(=O)=O. The second kappa shape index (κ2) is 5.78. The fourth-order valence-electron chi connectivity index (χ4n) is 1.58. The third-order valence-electron chi connectivity index (χ3n) is 2.37. The minimum atomic E-state index is -3.67. The number of thioether (sulfide) groups is 1. The summed E-state index contributed by atoms with van der Waals surface area (Å²) in [7, 11) is -2.31. The third-order valence-corrected chi connectivity index (χ3v) is 3.66. The van der Waals surface area contributed by atoms with E-state index >= 15 is 0 Å². The van der Waals surface area contributed by atoms with E-state index in [1.807, 2.05) is 0 Å². The quantitative estimate of drug-likeness (QED) is 0.657. The van der Waals surface area contributed by atoms with Gasteiger partial charge in [-0.2, -0.15) is 8.42 Å². The summed E-state index contributed by atoms with van der Waals surface area (Å²) in [6.07, 6.45) is 2.42. The molecule has 1 heterocycles. The molecule has 0 atom stereocenters. The maximum atomic E-state index is 11.4. The smallest absolute Gasteiger partial charge is 0.306 e. The van der Waals surface area contributed by atoms with E-state index in [9.17, 15) is 18.0 Å². The number of amides is 2. The Bertz CT molecular complexity index is 738. The normalized spacial score (nSPS) is 17.0. The summed E-state index contributed by atoms with van der Waals surface area (Å²) in [5.74, 6) is -0.230. The minimum absolute atomic E-state index is 0.0433. The van der Waals surface area contributed by atoms with Crippen LogP contribution in [-0.4, -0.2) is 32.9 Å². The summed E-state index contributed by atoms with van der Waals surface area (Å²) in [6.45, 7) is 0. The van der Waals surface area contributed by atoms with Crippen molar-refractivity contribution in [2.24, 2.45) is 0 Å². The molecule has 1 aliphatic rings. The van der Waals surface area contributed by atoms with E-state index in [0.717, 1.165) is 18.0 Å². The zero-order valence-electron chi connectivity index (χ0n) is 11.1. The van der Waals surface area contributed by atoms with Crippen molar-refractivity contribution in [2.75, 3.05) is 13.4 Å². The number of hydrogen-bond acceptors (Lipinski definition) is 7. The molecule has 1 aliphatic heterocycles. The van der Waals surface area contributed by atoms with Crippen molar-refractivity contribution in [3.05, 3.63) is 28.7 Å². The standard InChI is InChI=1S/C12H11NO6S2/c1-18-9-5-7(3-4-8(9)19-21(2,16)17)6-10-11(14)13-12(15)20-10/h3-6H,1-2H3,(H,13,14,15)/b10-6+. The summed E-state index contributed by atoms with van der Waals surface area (Å²) < 4.78 is 32.1. The van der Waals surface area contributed by atoms with Crippen LogP contribution in [0.5, 0.6) is 11.5 Å². The molecule has 2 amide bonds. The second-order valence-corrected chi connectivity index (χ2v) is 6.64. The van der Waals surface area contributed by atoms with Crippen LogP contribution in [0, 0.1) is 0 Å². The molecule has 7 nitrogen and oxygen atoms in total. The topological polar surface area (TPSA) is 98.8 Å². The first-order valence-electron chi connectivity index (χ1n) is 5.61. The molecule has 21 heavy (non-hydrogen) atoms. The first-order valence-corrected chi connectivity index (χ1v) is 8.24. The van der Waals surface area contributed by atoms with E-state index in [1.165, 1.54) is 25.3 Å². The van der Waals surface area contributed by atoms with Gasteiger partial charge in [-0.15, -0.1) is 0 Å². The number of imide groups is 1. The molecule has 1 aromatic rings. The molecular weight excluding hydrogens is 318 g/mol. The van der Waals surface area contributed by atoms with Crippen molar-refractivity contribution in [2.45, 2.75) is 0 Å². The van der Waals surface area contributed by atoms with E-state index in [2.05, 4.69) is 5.32 Å². The molecule has 1 aromatic carbocycles. The van der Waals surface area contributed by atoms with Gasteiger partial charge in [-0.3, -0.25) is 14.9 Å². The van der Waals surface area contributed by atoms with Crippen LogP contribution in [-0.2, 0) is 14.9 Å². The molecule has 0 saturated carbocycles. The molecule has 9 heteroatoms. The van der Waals surface area contributed by atoms with Gasteiger partial charge in [0.1, 0.15) is 0 Å². The van der Waals surface area contributed by atoms with Crippen molar-refractivity contribution in [1.82, 2.24) is 5.32 Å². The largest absolute Gasteiger partial charge is 0.493 e. The van der Waals surface area contributed by atoms with Crippen LogP contribution < -0.4 is 14.2 Å². The van der Waals surface area contributed by atoms with Crippen molar-refractivity contribution in [3.63, 3.8) is 0 Å². The molecular formula is C12H11NO6S2. The maximum absolute atomic E-state index is 11.4. The Morgan fingerprint density at radius 3 is 2.48 bits per heavy atom. The van der Waals surface area contributed by atoms with Crippen LogP contribution in [0.4, 0.5) is 4.79 Å². The van der Waals surface area contributed by atoms with E-state index in [4.69, 9.17) is 8.92 Å². The summed E-state index contributed by atoms with van der Waals surface area (Å²) in [5.41, 5.74) is 0.569. The molecule has 112 valence electrons. The first kappa shape index (κ1) is 15.4. The van der Waals surface area contributed by atoms with Crippen molar-refractivity contribution in [1.29, 1.82) is 0 Å². The highest BCUT2D eigenvalue weighted by molar-refractivity contribution is 8.18. The Balaban J connectivity index is 2.33. The van der Waals surface area contributed by atoms with Crippen LogP contribution in [0.1, 0.15) is 5.56 Å². The Morgan fingerprint density at radius 2 is 1.95 bits per heavy atom. The number of methoxy groups -OCH3 is 1. The maximum Gasteiger partial charge on any atom is 0.306 e. The fraction of sp³-hybridized carbons (Fsp3) is 0.167. The molecule has 1 saturated heterocycles. The van der Waals surface area contributed by atoms with Gasteiger partial charge in [-0.1, -0.05) is 6.07 Å². The predicted molar refractivity (Wildman–Crippen MR) is 77.6 cm³/mol. The van der Waals surface area contributed by atoms with E-state index in [-0.39, 0.29) is 16.4 Å². The van der Waals surface area contributed by atoms with Gasteiger partial charge in [0.15, 0.2) is 11.5 Å². The van der Waals surface area contributed by atoms with Gasteiger partial charge in [0, 0.05) is 0 Å². The molecule has 0 radical (unpaired) electrons. The summed E-state index contributed by atoms with van der Waals surface area (Å²) in [6, 6.07) is 4.46. The lowest BCUT2D eigenvalue weighted by atomic mass is 10.2. The number of carbonyl (C=O) groups excluding carboxylic acids is 2. The zero-order valence-corrected chi connectivity index (χ0v) is 12.7. The highest BCUT2D eigenvalue weighted by Crippen LogP contribution is 2.32. The molecule has 0 aromatic heterocycles. The molecule has 1 N–H and O–H groups in total. The second-order valence-electron chi connectivity index (χ2n) is 4.05. The molecule has 0 spiro atoms. The minimum Gasteiger partial charge on any atom is -0.493 e. The van der Waals surface area contributed by atoms with Gasteiger partial charge in [0.25, 0.3) is 11.1 Å². The first-order chi connectivity index (χ1) is 9.78. The molecule has 1 fully saturated rings. The van der Waals surface area contributed by atoms with Gasteiger partial charge in [-0.05, 0) is 35.5 Å². The Hall–Kier alpha value is -2.00. The lowest BCUT2D eigenvalue weighted by Gasteiger charge is -2.09. The third kappa shape index (κ3) is 3.99. The van der Waals surface area contributed by atoms with E-state index in [0.29, 0.717) is 5.56 Å². The summed E-state index contributed by atoms with van der Waals surface area (Å²) >= 11 is 0.790. The summed E-state index contributed by atoms with van der Waals surface area (Å²) in [5, 5.41) is 1.70.